The SMILES string of the molecule is O=C1NC(=S)NC(=O)C1=Cc1ccc(Sc2nc3ccc(N4C(=O)c5ccccc5C4=O)cc3s2)o1. The Morgan fingerprint density at radius 1 is 0.944 bits per heavy atom. The lowest BCUT2D eigenvalue weighted by molar-refractivity contribution is -0.123. The molecule has 36 heavy (non-hydrogen) atoms. The molecule has 0 unspecified atom stereocenters. The predicted octanol–water partition coefficient (Wildman–Crippen LogP) is 3.76. The van der Waals surface area contributed by atoms with Crippen LogP contribution in [0.3, 0.4) is 0 Å². The molecule has 1 fully saturated rings. The van der Waals surface area contributed by atoms with Gasteiger partial charge in [-0.15, -0.1) is 11.3 Å². The molecule has 9 nitrogen and oxygen atoms in total. The number of rotatable bonds is 4. The van der Waals surface area contributed by atoms with Crippen LogP contribution in [0, 0.1) is 0 Å². The zero-order chi connectivity index (χ0) is 25.0. The molecule has 4 heterocycles. The van der Waals surface area contributed by atoms with Crippen LogP contribution in [-0.4, -0.2) is 33.7 Å². The van der Waals surface area contributed by atoms with Crippen molar-refractivity contribution in [3.63, 3.8) is 0 Å². The Balaban J connectivity index is 1.23. The molecule has 12 heteroatoms. The molecule has 0 bridgehead atoms. The minimum atomic E-state index is -0.602. The molecule has 2 aromatic carbocycles. The highest BCUT2D eigenvalue weighted by atomic mass is 32.2. The lowest BCUT2D eigenvalue weighted by Gasteiger charge is -2.15. The van der Waals surface area contributed by atoms with E-state index >= 15 is 0 Å². The van der Waals surface area contributed by atoms with Gasteiger partial charge in [0.15, 0.2) is 14.5 Å². The fourth-order valence-electron chi connectivity index (χ4n) is 3.80. The number of fused-ring (bicyclic) bond motifs is 2. The summed E-state index contributed by atoms with van der Waals surface area (Å²) in [7, 11) is 0. The number of carbonyl (C=O) groups is 4. The molecule has 0 saturated carbocycles. The number of hydrogen-bond acceptors (Lipinski definition) is 9. The van der Waals surface area contributed by atoms with Gasteiger partial charge in [0.2, 0.25) is 0 Å². The van der Waals surface area contributed by atoms with Crippen molar-refractivity contribution in [2.45, 2.75) is 9.43 Å². The van der Waals surface area contributed by atoms with E-state index in [-0.39, 0.29) is 22.5 Å². The van der Waals surface area contributed by atoms with Crippen molar-refractivity contribution < 1.29 is 23.6 Å². The minimum Gasteiger partial charge on any atom is -0.450 e. The van der Waals surface area contributed by atoms with Crippen LogP contribution in [0.4, 0.5) is 5.69 Å². The molecular formula is C24H12N4O5S3. The second-order valence-electron chi connectivity index (χ2n) is 7.68. The summed E-state index contributed by atoms with van der Waals surface area (Å²) in [6, 6.07) is 15.3. The number of imide groups is 1. The lowest BCUT2D eigenvalue weighted by Crippen LogP contribution is -2.51. The summed E-state index contributed by atoms with van der Waals surface area (Å²) < 4.78 is 7.22. The van der Waals surface area contributed by atoms with Gasteiger partial charge in [0.05, 0.1) is 27.0 Å². The van der Waals surface area contributed by atoms with Gasteiger partial charge in [-0.25, -0.2) is 9.88 Å². The highest BCUT2D eigenvalue weighted by Crippen LogP contribution is 2.38. The molecule has 4 aromatic rings. The fourth-order valence-corrected chi connectivity index (χ4v) is 5.99. The Bertz CT molecular complexity index is 1630. The third-order valence-corrected chi connectivity index (χ3v) is 7.63. The summed E-state index contributed by atoms with van der Waals surface area (Å²) in [5, 5.41) is 5.20. The van der Waals surface area contributed by atoms with Gasteiger partial charge in [-0.05, 0) is 72.5 Å². The number of furan rings is 1. The Kier molecular flexibility index (Phi) is 5.29. The van der Waals surface area contributed by atoms with Crippen molar-refractivity contribution in [2.24, 2.45) is 0 Å². The van der Waals surface area contributed by atoms with E-state index in [1.54, 1.807) is 54.6 Å². The number of nitrogens with zero attached hydrogens (tertiary/aromatic N) is 2. The maximum atomic E-state index is 12.8. The second kappa shape index (κ2) is 8.52. The quantitative estimate of drug-likeness (QED) is 0.176. The Labute approximate surface area is 216 Å². The van der Waals surface area contributed by atoms with E-state index < -0.39 is 11.8 Å². The zero-order valence-electron chi connectivity index (χ0n) is 17.9. The largest absolute Gasteiger partial charge is 0.450 e. The number of aromatic nitrogens is 1. The molecule has 2 aromatic heterocycles. The molecule has 2 aliphatic rings. The van der Waals surface area contributed by atoms with E-state index in [9.17, 15) is 19.2 Å². The summed E-state index contributed by atoms with van der Waals surface area (Å²) in [5.41, 5.74) is 1.85. The van der Waals surface area contributed by atoms with E-state index in [4.69, 9.17) is 16.6 Å². The monoisotopic (exact) mass is 532 g/mol. The number of amides is 4. The number of nitrogens with one attached hydrogen (secondary N) is 2. The van der Waals surface area contributed by atoms with E-state index in [1.807, 2.05) is 0 Å². The molecule has 0 radical (unpaired) electrons. The molecule has 2 aliphatic heterocycles. The number of benzene rings is 2. The highest BCUT2D eigenvalue weighted by molar-refractivity contribution is 8.01. The van der Waals surface area contributed by atoms with Crippen LogP contribution in [-0.2, 0) is 9.59 Å². The average molecular weight is 533 g/mol. The maximum Gasteiger partial charge on any atom is 0.266 e. The number of carbonyl (C=O) groups excluding carboxylic acids is 4. The molecular weight excluding hydrogens is 520 g/mol. The third kappa shape index (κ3) is 3.81. The first-order chi connectivity index (χ1) is 17.4. The van der Waals surface area contributed by atoms with Crippen LogP contribution in [0.2, 0.25) is 0 Å². The molecule has 1 saturated heterocycles. The molecule has 0 aliphatic carbocycles. The van der Waals surface area contributed by atoms with Gasteiger partial charge in [0.1, 0.15) is 11.3 Å². The first kappa shape index (κ1) is 22.3. The number of thiocarbonyl (C=S) groups is 1. The standard InChI is InChI=1S/C24H12N4O5S3/c29-19-15(20(30)27-23(34)26-19)10-12-6-8-18(33-12)36-24-25-16-7-5-11(9-17(16)35-24)28-21(31)13-3-1-2-4-14(13)22(28)32/h1-10H,(H2,26,27,29,30,34). The highest BCUT2D eigenvalue weighted by Gasteiger charge is 2.36. The summed E-state index contributed by atoms with van der Waals surface area (Å²) in [5.74, 6) is -1.59. The summed E-state index contributed by atoms with van der Waals surface area (Å²) in [4.78, 5) is 55.4. The molecule has 2 N–H and O–H groups in total. The van der Waals surface area contributed by atoms with Gasteiger partial charge in [-0.2, -0.15) is 0 Å². The van der Waals surface area contributed by atoms with Crippen LogP contribution in [0.1, 0.15) is 26.5 Å². The number of anilines is 1. The lowest BCUT2D eigenvalue weighted by atomic mass is 10.1. The van der Waals surface area contributed by atoms with Crippen molar-refractivity contribution in [1.82, 2.24) is 15.6 Å². The van der Waals surface area contributed by atoms with Gasteiger partial charge in [0.25, 0.3) is 23.6 Å². The predicted molar refractivity (Wildman–Crippen MR) is 137 cm³/mol. The summed E-state index contributed by atoms with van der Waals surface area (Å²) in [6.45, 7) is 0. The second-order valence-corrected chi connectivity index (χ2v) is 10.4. The van der Waals surface area contributed by atoms with Crippen molar-refractivity contribution >= 4 is 86.0 Å². The van der Waals surface area contributed by atoms with Gasteiger partial charge in [-0.3, -0.25) is 29.8 Å². The summed E-state index contributed by atoms with van der Waals surface area (Å²) >= 11 is 7.44. The van der Waals surface area contributed by atoms with Crippen molar-refractivity contribution in [3.05, 3.63) is 77.1 Å². The van der Waals surface area contributed by atoms with Crippen LogP contribution >= 0.6 is 35.3 Å². The molecule has 0 spiro atoms. The van der Waals surface area contributed by atoms with Gasteiger partial charge < -0.3 is 4.42 Å². The average Bonchev–Trinajstić information content (AvgIpc) is 3.53. The van der Waals surface area contributed by atoms with Gasteiger partial charge in [-0.1, -0.05) is 12.1 Å². The zero-order valence-corrected chi connectivity index (χ0v) is 20.4. The van der Waals surface area contributed by atoms with E-state index in [0.29, 0.717) is 37.5 Å². The molecule has 0 atom stereocenters. The Hall–Kier alpha value is -4.13. The summed E-state index contributed by atoms with van der Waals surface area (Å²) in [6.07, 6.45) is 1.34. The first-order valence-electron chi connectivity index (χ1n) is 10.4. The van der Waals surface area contributed by atoms with Gasteiger partial charge >= 0.3 is 0 Å². The topological polar surface area (TPSA) is 122 Å². The number of hydrogen-bond donors (Lipinski definition) is 2. The Morgan fingerprint density at radius 2 is 1.64 bits per heavy atom. The van der Waals surface area contributed by atoms with Crippen LogP contribution in [0.15, 0.2) is 74.0 Å². The minimum absolute atomic E-state index is 0.0418. The third-order valence-electron chi connectivity index (χ3n) is 5.42. The van der Waals surface area contributed by atoms with E-state index in [0.717, 1.165) is 4.70 Å². The van der Waals surface area contributed by atoms with Crippen LogP contribution in [0.5, 0.6) is 0 Å². The van der Waals surface area contributed by atoms with E-state index in [2.05, 4.69) is 15.6 Å². The van der Waals surface area contributed by atoms with Crippen molar-refractivity contribution in [2.75, 3.05) is 4.90 Å². The molecule has 6 rings (SSSR count). The molecule has 4 amide bonds. The Morgan fingerprint density at radius 3 is 2.33 bits per heavy atom. The first-order valence-corrected chi connectivity index (χ1v) is 12.5. The fraction of sp³-hybridized carbons (Fsp3) is 0. The van der Waals surface area contributed by atoms with Crippen molar-refractivity contribution in [1.29, 1.82) is 0 Å². The van der Waals surface area contributed by atoms with E-state index in [1.165, 1.54) is 34.1 Å². The smallest absolute Gasteiger partial charge is 0.266 e. The molecule has 176 valence electrons. The number of thiazole rings is 1. The normalized spacial score (nSPS) is 15.4. The van der Waals surface area contributed by atoms with Crippen LogP contribution in [0.25, 0.3) is 16.3 Å². The maximum absolute atomic E-state index is 12.8. The van der Waals surface area contributed by atoms with Crippen LogP contribution < -0.4 is 15.5 Å². The van der Waals surface area contributed by atoms with Crippen molar-refractivity contribution in [3.8, 4) is 0 Å². The van der Waals surface area contributed by atoms with Gasteiger partial charge in [0, 0.05) is 0 Å².